The van der Waals surface area contributed by atoms with Crippen LogP contribution in [0.1, 0.15) is 37.0 Å². The summed E-state index contributed by atoms with van der Waals surface area (Å²) in [5.41, 5.74) is 2.76. The third-order valence-corrected chi connectivity index (χ3v) is 5.46. The smallest absolute Gasteiger partial charge is 0.163 e. The van der Waals surface area contributed by atoms with Crippen LogP contribution in [0, 0.1) is 5.82 Å². The molecule has 3 aromatic rings. The lowest BCUT2D eigenvalue weighted by Gasteiger charge is -2.18. The first-order valence-corrected chi connectivity index (χ1v) is 11.0. The van der Waals surface area contributed by atoms with Gasteiger partial charge in [0.25, 0.3) is 0 Å². The van der Waals surface area contributed by atoms with Gasteiger partial charge in [-0.15, -0.1) is 0 Å². The zero-order chi connectivity index (χ0) is 22.1. The predicted molar refractivity (Wildman–Crippen MR) is 124 cm³/mol. The predicted octanol–water partition coefficient (Wildman–Crippen LogP) is 6.57. The Kier molecular flexibility index (Phi) is 8.74. The molecule has 164 valence electrons. The topological polar surface area (TPSA) is 30.5 Å². The molecule has 1 atom stereocenters. The zero-order valence-corrected chi connectivity index (χ0v) is 18.8. The summed E-state index contributed by atoms with van der Waals surface area (Å²) < 4.78 is 25.5. The van der Waals surface area contributed by atoms with Crippen molar-refractivity contribution in [2.75, 3.05) is 6.61 Å². The molecule has 3 nitrogen and oxygen atoms in total. The summed E-state index contributed by atoms with van der Waals surface area (Å²) >= 11 is 6.52. The molecule has 0 aliphatic rings. The van der Waals surface area contributed by atoms with Gasteiger partial charge in [-0.25, -0.2) is 4.39 Å². The summed E-state index contributed by atoms with van der Waals surface area (Å²) in [7, 11) is 0. The molecule has 0 spiro atoms. The molecule has 0 aliphatic carbocycles. The molecule has 0 saturated carbocycles. The van der Waals surface area contributed by atoms with Gasteiger partial charge >= 0.3 is 0 Å². The lowest BCUT2D eigenvalue weighted by Crippen LogP contribution is -2.26. The first-order chi connectivity index (χ1) is 15.1. The Labute approximate surface area is 189 Å². The molecule has 0 radical (unpaired) electrons. The van der Waals surface area contributed by atoms with Crippen LogP contribution in [0.5, 0.6) is 11.5 Å². The van der Waals surface area contributed by atoms with E-state index in [4.69, 9.17) is 21.1 Å². The summed E-state index contributed by atoms with van der Waals surface area (Å²) in [6.45, 7) is 5.32. The van der Waals surface area contributed by atoms with Crippen LogP contribution in [0.2, 0.25) is 5.02 Å². The van der Waals surface area contributed by atoms with E-state index in [0.717, 1.165) is 18.4 Å². The Balaban J connectivity index is 1.61. The molecule has 31 heavy (non-hydrogen) atoms. The normalized spacial score (nSPS) is 11.9. The highest BCUT2D eigenvalue weighted by atomic mass is 35.5. The van der Waals surface area contributed by atoms with Crippen molar-refractivity contribution in [3.63, 3.8) is 0 Å². The first-order valence-electron chi connectivity index (χ1n) is 10.7. The number of nitrogens with one attached hydrogen (secondary N) is 1. The molecule has 0 fully saturated rings. The minimum Gasteiger partial charge on any atom is -0.490 e. The van der Waals surface area contributed by atoms with E-state index in [9.17, 15) is 4.39 Å². The van der Waals surface area contributed by atoms with Crippen LogP contribution in [0.25, 0.3) is 0 Å². The highest BCUT2D eigenvalue weighted by Crippen LogP contribution is 2.34. The minimum absolute atomic E-state index is 0.108. The van der Waals surface area contributed by atoms with Crippen molar-refractivity contribution in [2.24, 2.45) is 0 Å². The Morgan fingerprint density at radius 1 is 0.935 bits per heavy atom. The van der Waals surface area contributed by atoms with Crippen molar-refractivity contribution in [1.29, 1.82) is 0 Å². The minimum atomic E-state index is -0.295. The van der Waals surface area contributed by atoms with Gasteiger partial charge in [-0.2, -0.15) is 0 Å². The van der Waals surface area contributed by atoms with Gasteiger partial charge in [0, 0.05) is 29.2 Å². The highest BCUT2D eigenvalue weighted by Gasteiger charge is 2.13. The number of hydrogen-bond acceptors (Lipinski definition) is 3. The van der Waals surface area contributed by atoms with Crippen LogP contribution < -0.4 is 14.8 Å². The summed E-state index contributed by atoms with van der Waals surface area (Å²) in [6, 6.07) is 21.0. The molecule has 3 aromatic carbocycles. The van der Waals surface area contributed by atoms with Crippen LogP contribution in [-0.4, -0.2) is 12.6 Å². The van der Waals surface area contributed by atoms with Gasteiger partial charge in [-0.05, 0) is 49.9 Å². The van der Waals surface area contributed by atoms with Crippen LogP contribution in [0.3, 0.4) is 0 Å². The van der Waals surface area contributed by atoms with E-state index in [1.807, 2.05) is 19.1 Å². The summed E-state index contributed by atoms with van der Waals surface area (Å²) in [5, 5.41) is 4.13. The average Bonchev–Trinajstić information content (AvgIpc) is 2.78. The molecule has 1 N–H and O–H groups in total. The highest BCUT2D eigenvalue weighted by molar-refractivity contribution is 6.31. The van der Waals surface area contributed by atoms with Gasteiger partial charge < -0.3 is 14.8 Å². The van der Waals surface area contributed by atoms with Crippen molar-refractivity contribution >= 4 is 11.6 Å². The molecular formula is C26H29ClFNO2. The van der Waals surface area contributed by atoms with Gasteiger partial charge in [0.2, 0.25) is 0 Å². The Hall–Kier alpha value is -2.56. The lowest BCUT2D eigenvalue weighted by molar-refractivity contribution is 0.265. The molecule has 1 unspecified atom stereocenters. The summed E-state index contributed by atoms with van der Waals surface area (Å²) in [4.78, 5) is 0. The quantitative estimate of drug-likeness (QED) is 0.365. The fourth-order valence-corrected chi connectivity index (χ4v) is 3.50. The first kappa shape index (κ1) is 23.1. The second kappa shape index (κ2) is 11.7. The van der Waals surface area contributed by atoms with Crippen LogP contribution >= 0.6 is 11.6 Å². The van der Waals surface area contributed by atoms with E-state index in [2.05, 4.69) is 36.5 Å². The van der Waals surface area contributed by atoms with Gasteiger partial charge in [-0.1, -0.05) is 60.1 Å². The summed E-state index contributed by atoms with van der Waals surface area (Å²) in [6.07, 6.45) is 2.06. The van der Waals surface area contributed by atoms with Crippen molar-refractivity contribution < 1.29 is 13.9 Å². The number of rotatable bonds is 11. The van der Waals surface area contributed by atoms with Gasteiger partial charge in [-0.3, -0.25) is 0 Å². The molecule has 0 heterocycles. The van der Waals surface area contributed by atoms with Crippen molar-refractivity contribution in [1.82, 2.24) is 5.32 Å². The maximum absolute atomic E-state index is 13.9. The molecule has 0 amide bonds. The Morgan fingerprint density at radius 3 is 2.39 bits per heavy atom. The third kappa shape index (κ3) is 6.98. The monoisotopic (exact) mass is 441 g/mol. The van der Waals surface area contributed by atoms with Crippen LogP contribution in [-0.2, 0) is 19.6 Å². The molecular weight excluding hydrogens is 413 g/mol. The number of aryl methyl sites for hydroxylation is 1. The van der Waals surface area contributed by atoms with E-state index < -0.39 is 0 Å². The van der Waals surface area contributed by atoms with E-state index in [1.165, 1.54) is 11.6 Å². The second-order valence-corrected chi connectivity index (χ2v) is 7.92. The van der Waals surface area contributed by atoms with Gasteiger partial charge in [0.05, 0.1) is 6.61 Å². The molecule has 0 bridgehead atoms. The molecule has 5 heteroatoms. The van der Waals surface area contributed by atoms with Crippen molar-refractivity contribution in [3.8, 4) is 11.5 Å². The Bertz CT molecular complexity index is 965. The van der Waals surface area contributed by atoms with Crippen LogP contribution in [0.4, 0.5) is 4.39 Å². The number of halogens is 2. The molecule has 0 aliphatic heterocycles. The van der Waals surface area contributed by atoms with Gasteiger partial charge in [0.1, 0.15) is 12.4 Å². The standard InChI is InChI=1S/C26H29ClFNO2/c1-3-30-25-15-22(17-29-19(2)13-14-20-9-5-4-6-10-20)23(27)16-26(25)31-18-21-11-7-8-12-24(21)28/h4-12,15-16,19,29H,3,13-14,17-18H2,1-2H3. The maximum Gasteiger partial charge on any atom is 0.163 e. The van der Waals surface area contributed by atoms with E-state index in [0.29, 0.717) is 41.3 Å². The maximum atomic E-state index is 13.9. The number of ether oxygens (including phenoxy) is 2. The molecule has 0 aromatic heterocycles. The van der Waals surface area contributed by atoms with Crippen molar-refractivity contribution in [3.05, 3.63) is 94.3 Å². The SMILES string of the molecule is CCOc1cc(CNC(C)CCc2ccccc2)c(Cl)cc1OCc1ccccc1F. The summed E-state index contributed by atoms with van der Waals surface area (Å²) in [5.74, 6) is 0.824. The van der Waals surface area contributed by atoms with Gasteiger partial charge in [0.15, 0.2) is 11.5 Å². The van der Waals surface area contributed by atoms with Crippen LogP contribution in [0.15, 0.2) is 66.7 Å². The zero-order valence-electron chi connectivity index (χ0n) is 18.0. The van der Waals surface area contributed by atoms with E-state index in [-0.39, 0.29) is 12.4 Å². The average molecular weight is 442 g/mol. The number of hydrogen-bond donors (Lipinski definition) is 1. The molecule has 3 rings (SSSR count). The van der Waals surface area contributed by atoms with E-state index in [1.54, 1.807) is 24.3 Å². The number of benzene rings is 3. The largest absolute Gasteiger partial charge is 0.490 e. The fraction of sp³-hybridized carbons (Fsp3) is 0.308. The lowest BCUT2D eigenvalue weighted by atomic mass is 10.1. The third-order valence-electron chi connectivity index (χ3n) is 5.10. The fourth-order valence-electron chi connectivity index (χ4n) is 3.28. The van der Waals surface area contributed by atoms with E-state index >= 15 is 0 Å². The molecule has 0 saturated heterocycles. The van der Waals surface area contributed by atoms with Crippen molar-refractivity contribution in [2.45, 2.75) is 45.9 Å². The second-order valence-electron chi connectivity index (χ2n) is 7.51. The Morgan fingerprint density at radius 2 is 1.65 bits per heavy atom.